The van der Waals surface area contributed by atoms with Gasteiger partial charge >= 0.3 is 5.97 Å². The van der Waals surface area contributed by atoms with Gasteiger partial charge in [-0.1, -0.05) is 30.3 Å². The highest BCUT2D eigenvalue weighted by atomic mass is 16.5. The average molecular weight is 405 g/mol. The van der Waals surface area contributed by atoms with E-state index in [0.29, 0.717) is 40.5 Å². The van der Waals surface area contributed by atoms with Crippen LogP contribution in [0.25, 0.3) is 0 Å². The predicted molar refractivity (Wildman–Crippen MR) is 112 cm³/mol. The molecule has 0 amide bonds. The highest BCUT2D eigenvalue weighted by Crippen LogP contribution is 2.47. The van der Waals surface area contributed by atoms with Crippen LogP contribution in [-0.4, -0.2) is 35.8 Å². The Hall–Kier alpha value is -3.41. The predicted octanol–water partition coefficient (Wildman–Crippen LogP) is 4.03. The maximum atomic E-state index is 13.4. The Labute approximate surface area is 174 Å². The molecule has 1 N–H and O–H groups in total. The van der Waals surface area contributed by atoms with Gasteiger partial charge in [0.1, 0.15) is 0 Å². The Morgan fingerprint density at radius 2 is 1.80 bits per heavy atom. The second-order valence-electron chi connectivity index (χ2n) is 7.24. The normalized spacial score (nSPS) is 19.8. The van der Waals surface area contributed by atoms with Crippen molar-refractivity contribution in [3.05, 3.63) is 70.4 Å². The molecule has 6 heteroatoms. The number of ketones is 1. The number of fused-ring (bicyclic) bond motifs is 3. The highest BCUT2D eigenvalue weighted by Gasteiger charge is 2.48. The number of hydrogen-bond acceptors (Lipinski definition) is 6. The topological polar surface area (TPSA) is 85.2 Å². The first kappa shape index (κ1) is 19.9. The molecule has 1 aliphatic carbocycles. The molecule has 0 fully saturated rings. The number of phenols is 1. The van der Waals surface area contributed by atoms with Crippen molar-refractivity contribution in [1.29, 1.82) is 0 Å². The van der Waals surface area contributed by atoms with Crippen LogP contribution in [0.5, 0.6) is 11.5 Å². The minimum atomic E-state index is -0.635. The molecule has 2 aromatic carbocycles. The van der Waals surface area contributed by atoms with Crippen LogP contribution in [-0.2, 0) is 9.53 Å². The molecule has 0 bridgehead atoms. The molecule has 0 aromatic heterocycles. The molecule has 0 saturated heterocycles. The summed E-state index contributed by atoms with van der Waals surface area (Å²) in [5, 5.41) is 10.1. The maximum Gasteiger partial charge on any atom is 0.336 e. The van der Waals surface area contributed by atoms with Crippen molar-refractivity contribution in [2.75, 3.05) is 13.2 Å². The van der Waals surface area contributed by atoms with Crippen LogP contribution in [0.4, 0.5) is 0 Å². The Morgan fingerprint density at radius 1 is 1.07 bits per heavy atom. The molecule has 154 valence electrons. The summed E-state index contributed by atoms with van der Waals surface area (Å²) in [4.78, 5) is 31.0. The SMILES string of the molecule is CCOC(=O)C1=C(C)N=C2c3ccccc3C(=O)C2[C@H]1c1ccc(O)c(OCC)c1. The molecule has 0 saturated carbocycles. The first-order valence-corrected chi connectivity index (χ1v) is 10.0. The van der Waals surface area contributed by atoms with Gasteiger partial charge in [-0.25, -0.2) is 4.79 Å². The molecule has 0 radical (unpaired) electrons. The van der Waals surface area contributed by atoms with Crippen LogP contribution in [0, 0.1) is 5.92 Å². The van der Waals surface area contributed by atoms with Gasteiger partial charge in [0.05, 0.1) is 30.4 Å². The summed E-state index contributed by atoms with van der Waals surface area (Å²) in [7, 11) is 0. The van der Waals surface area contributed by atoms with Gasteiger partial charge in [0.25, 0.3) is 0 Å². The fourth-order valence-corrected chi connectivity index (χ4v) is 4.29. The number of nitrogens with zero attached hydrogens (tertiary/aromatic N) is 1. The standard InChI is InChI=1S/C24H23NO5/c1-4-29-18-12-14(10-11-17(18)26)20-19(24(28)30-5-2)13(3)25-22-15-8-6-7-9-16(15)23(27)21(20)22/h6-12,20-21,26H,4-5H2,1-3H3/t20-,21?/m0/s1. The Balaban J connectivity index is 1.92. The first-order chi connectivity index (χ1) is 14.5. The van der Waals surface area contributed by atoms with Crippen molar-refractivity contribution in [3.8, 4) is 11.5 Å². The molecule has 1 unspecified atom stereocenters. The molecular formula is C24H23NO5. The van der Waals surface area contributed by atoms with Gasteiger partial charge in [0.15, 0.2) is 17.3 Å². The largest absolute Gasteiger partial charge is 0.504 e. The van der Waals surface area contributed by atoms with Crippen molar-refractivity contribution in [3.63, 3.8) is 0 Å². The Morgan fingerprint density at radius 3 is 2.50 bits per heavy atom. The van der Waals surface area contributed by atoms with E-state index in [1.54, 1.807) is 32.0 Å². The number of hydrogen-bond donors (Lipinski definition) is 1. The molecule has 0 spiro atoms. The van der Waals surface area contributed by atoms with Crippen LogP contribution in [0.1, 0.15) is 48.2 Å². The zero-order valence-corrected chi connectivity index (χ0v) is 17.1. The van der Waals surface area contributed by atoms with E-state index < -0.39 is 17.8 Å². The molecule has 4 rings (SSSR count). The Bertz CT molecular complexity index is 1100. The summed E-state index contributed by atoms with van der Waals surface area (Å²) in [6.07, 6.45) is 0. The number of carbonyl (C=O) groups is 2. The quantitative estimate of drug-likeness (QED) is 0.759. The number of Topliss-reactive ketones (excluding diaryl/α,β-unsaturated/α-hetero) is 1. The smallest absolute Gasteiger partial charge is 0.336 e. The number of benzene rings is 2. The van der Waals surface area contributed by atoms with E-state index in [0.717, 1.165) is 5.56 Å². The number of phenolic OH excluding ortho intramolecular Hbond substituents is 1. The Kier molecular flexibility index (Phi) is 5.16. The van der Waals surface area contributed by atoms with Crippen LogP contribution < -0.4 is 4.74 Å². The summed E-state index contributed by atoms with van der Waals surface area (Å²) < 4.78 is 10.8. The molecule has 2 aromatic rings. The minimum Gasteiger partial charge on any atom is -0.504 e. The van der Waals surface area contributed by atoms with E-state index in [1.165, 1.54) is 6.07 Å². The molecule has 2 atom stereocenters. The van der Waals surface area contributed by atoms with E-state index in [4.69, 9.17) is 9.47 Å². The summed E-state index contributed by atoms with van der Waals surface area (Å²) in [5.74, 6) is -1.47. The van der Waals surface area contributed by atoms with E-state index in [-0.39, 0.29) is 18.1 Å². The molecule has 30 heavy (non-hydrogen) atoms. The number of ether oxygens (including phenoxy) is 2. The highest BCUT2D eigenvalue weighted by molar-refractivity contribution is 6.30. The fourth-order valence-electron chi connectivity index (χ4n) is 4.29. The molecular weight excluding hydrogens is 382 g/mol. The van der Waals surface area contributed by atoms with Gasteiger partial charge in [0.2, 0.25) is 0 Å². The van der Waals surface area contributed by atoms with Crippen LogP contribution in [0.15, 0.2) is 58.7 Å². The van der Waals surface area contributed by atoms with Gasteiger partial charge in [-0.2, -0.15) is 0 Å². The molecule has 6 nitrogen and oxygen atoms in total. The number of esters is 1. The van der Waals surface area contributed by atoms with Crippen molar-refractivity contribution >= 4 is 17.5 Å². The average Bonchev–Trinajstić information content (AvgIpc) is 3.01. The summed E-state index contributed by atoms with van der Waals surface area (Å²) in [6.45, 7) is 5.92. The monoisotopic (exact) mass is 405 g/mol. The number of aliphatic imine (C=N–C) groups is 1. The molecule has 1 aliphatic heterocycles. The van der Waals surface area contributed by atoms with Gasteiger partial charge in [-0.15, -0.1) is 0 Å². The number of allylic oxidation sites excluding steroid dienone is 1. The zero-order chi connectivity index (χ0) is 21.4. The second-order valence-corrected chi connectivity index (χ2v) is 7.24. The molecule has 1 heterocycles. The van der Waals surface area contributed by atoms with Crippen LogP contribution in [0.2, 0.25) is 0 Å². The van der Waals surface area contributed by atoms with Crippen molar-refractivity contribution < 1.29 is 24.2 Å². The number of carbonyl (C=O) groups excluding carboxylic acids is 2. The van der Waals surface area contributed by atoms with E-state index in [2.05, 4.69) is 4.99 Å². The van der Waals surface area contributed by atoms with Gasteiger partial charge in [0, 0.05) is 22.7 Å². The lowest BCUT2D eigenvalue weighted by atomic mass is 9.75. The van der Waals surface area contributed by atoms with Crippen molar-refractivity contribution in [2.45, 2.75) is 26.7 Å². The summed E-state index contributed by atoms with van der Waals surface area (Å²) in [5.41, 5.74) is 3.64. The first-order valence-electron chi connectivity index (χ1n) is 10.0. The van der Waals surface area contributed by atoms with Crippen LogP contribution in [0.3, 0.4) is 0 Å². The fraction of sp³-hybridized carbons (Fsp3) is 0.292. The van der Waals surface area contributed by atoms with E-state index in [1.807, 2.05) is 25.1 Å². The summed E-state index contributed by atoms with van der Waals surface area (Å²) in [6, 6.07) is 12.3. The number of aromatic hydroxyl groups is 1. The van der Waals surface area contributed by atoms with Gasteiger partial charge < -0.3 is 14.6 Å². The summed E-state index contributed by atoms with van der Waals surface area (Å²) >= 11 is 0. The second kappa shape index (κ2) is 7.78. The lowest BCUT2D eigenvalue weighted by Crippen LogP contribution is -2.32. The lowest BCUT2D eigenvalue weighted by molar-refractivity contribution is -0.139. The maximum absolute atomic E-state index is 13.4. The minimum absolute atomic E-state index is 0.00437. The third-order valence-electron chi connectivity index (χ3n) is 5.51. The van der Waals surface area contributed by atoms with Crippen molar-refractivity contribution in [1.82, 2.24) is 0 Å². The van der Waals surface area contributed by atoms with E-state index in [9.17, 15) is 14.7 Å². The lowest BCUT2D eigenvalue weighted by Gasteiger charge is -2.30. The van der Waals surface area contributed by atoms with Crippen molar-refractivity contribution in [2.24, 2.45) is 10.9 Å². The number of rotatable bonds is 5. The molecule has 2 aliphatic rings. The zero-order valence-electron chi connectivity index (χ0n) is 17.1. The van der Waals surface area contributed by atoms with Gasteiger partial charge in [-0.3, -0.25) is 9.79 Å². The third kappa shape index (κ3) is 3.09. The third-order valence-corrected chi connectivity index (χ3v) is 5.51. The van der Waals surface area contributed by atoms with E-state index >= 15 is 0 Å². The van der Waals surface area contributed by atoms with Gasteiger partial charge in [-0.05, 0) is 38.5 Å². The van der Waals surface area contributed by atoms with Crippen LogP contribution >= 0.6 is 0 Å².